The van der Waals surface area contributed by atoms with E-state index < -0.39 is 237 Å². The van der Waals surface area contributed by atoms with Crippen LogP contribution in [-0.4, -0.2) is 375 Å². The molecule has 3 aliphatic heterocycles. The number of esters is 9. The van der Waals surface area contributed by atoms with Crippen LogP contribution >= 0.6 is 27.3 Å². The van der Waals surface area contributed by atoms with Crippen LogP contribution in [0.15, 0.2) is 24.3 Å². The lowest BCUT2D eigenvalue weighted by molar-refractivity contribution is -0.279. The summed E-state index contributed by atoms with van der Waals surface area (Å²) in [5, 5.41) is 17.7. The zero-order valence-electron chi connectivity index (χ0n) is 78.0. The first-order valence-corrected chi connectivity index (χ1v) is 47.8. The van der Waals surface area contributed by atoms with Gasteiger partial charge in [-0.3, -0.25) is 81.5 Å². The number of carbonyl (C=O) groups is 17. The Morgan fingerprint density at radius 2 is 0.603 bits per heavy atom. The Bertz CT molecular complexity index is 3720. The van der Waals surface area contributed by atoms with Gasteiger partial charge in [0.25, 0.3) is 0 Å². The van der Waals surface area contributed by atoms with Crippen molar-refractivity contribution in [1.29, 1.82) is 0 Å². The minimum absolute atomic E-state index is 0.0158. The molecule has 53 heteroatoms. The number of aryl methyl sites for hydroxylation is 1. The summed E-state index contributed by atoms with van der Waals surface area (Å²) in [6.45, 7) is 8.85. The van der Waals surface area contributed by atoms with Gasteiger partial charge in [-0.2, -0.15) is 0 Å². The fourth-order valence-corrected chi connectivity index (χ4v) is 14.2. The number of amides is 8. The first-order chi connectivity index (χ1) is 64.5. The molecule has 0 spiro atoms. The number of benzene rings is 1. The molecule has 9 N–H and O–H groups in total. The minimum Gasteiger partial charge on any atom is -0.463 e. The zero-order chi connectivity index (χ0) is 101. The van der Waals surface area contributed by atoms with Crippen LogP contribution in [0, 0.1) is 0 Å². The lowest BCUT2D eigenvalue weighted by Gasteiger charge is -2.44. The summed E-state index contributed by atoms with van der Waals surface area (Å²) in [4.78, 5) is 222. The highest BCUT2D eigenvalue weighted by Gasteiger charge is 2.55. The molecule has 4 rings (SSSR count). The molecule has 8 amide bonds. The van der Waals surface area contributed by atoms with Gasteiger partial charge in [-0.25, -0.2) is 4.57 Å². The molecule has 1 aromatic rings. The van der Waals surface area contributed by atoms with E-state index in [1.54, 1.807) is 12.1 Å². The molecule has 0 radical (unpaired) electrons. The SMILES string of the molecule is CC(=O)NC1[C@H](OCCOCCNC(=O)CCOCC(COCCC(=O)NCCOCCO[C@@H]2O[C@H](COC(C)=O)[C@@H](OC(C)=O)[C@@H](OC(C)=O)[C@@H]2NC(C)=O)(COCCC(=O)NCCOCCO[C@H]2OC(COC(C)=O)[C@@H](OC(C)=O)[C@@H](OC(C)=O)[C@@H]2NC(C)=O)NC(=O)CCOCCOCCNC(=O)CCc2ccc(OP(=O)(O)I)cc2)O[C@H](COC(C)=O)[C@H](OC(C)=O)[C@@H]1OC(C)=O. The monoisotopic (exact) mass is 2080 g/mol. The predicted molar refractivity (Wildman–Crippen MR) is 467 cm³/mol. The highest BCUT2D eigenvalue weighted by atomic mass is 127. The van der Waals surface area contributed by atoms with E-state index in [0.717, 1.165) is 67.9 Å². The molecule has 0 bridgehead atoms. The lowest BCUT2D eigenvalue weighted by Crippen LogP contribution is -2.66. The van der Waals surface area contributed by atoms with Crippen molar-refractivity contribution in [2.45, 2.75) is 219 Å². The molecule has 0 saturated carbocycles. The van der Waals surface area contributed by atoms with Gasteiger partial charge in [0, 0.05) is 141 Å². The molecule has 770 valence electrons. The van der Waals surface area contributed by atoms with Crippen LogP contribution in [0.5, 0.6) is 5.75 Å². The first kappa shape index (κ1) is 119. The fourth-order valence-electron chi connectivity index (χ4n) is 13.2. The van der Waals surface area contributed by atoms with E-state index >= 15 is 0 Å². The number of hydrogen-bond acceptors (Lipinski definition) is 42. The molecule has 1 aromatic carbocycles. The highest BCUT2D eigenvalue weighted by molar-refractivity contribution is 14.2. The highest BCUT2D eigenvalue weighted by Crippen LogP contribution is 2.51. The third kappa shape index (κ3) is 51.2. The number of hydrogen-bond donors (Lipinski definition) is 9. The van der Waals surface area contributed by atoms with Gasteiger partial charge in [-0.05, 0) is 24.1 Å². The van der Waals surface area contributed by atoms with Crippen molar-refractivity contribution >= 4 is 128 Å². The van der Waals surface area contributed by atoms with Gasteiger partial charge in [0.15, 0.2) is 55.5 Å². The molecule has 136 heavy (non-hydrogen) atoms. The maximum Gasteiger partial charge on any atom is 0.436 e. The Balaban J connectivity index is 1.46. The van der Waals surface area contributed by atoms with Gasteiger partial charge in [0.05, 0.1) is 148 Å². The van der Waals surface area contributed by atoms with Gasteiger partial charge in [0.1, 0.15) is 67.5 Å². The third-order valence-electron chi connectivity index (χ3n) is 18.6. The Morgan fingerprint density at radius 1 is 0.338 bits per heavy atom. The third-order valence-corrected chi connectivity index (χ3v) is 19.6. The van der Waals surface area contributed by atoms with E-state index in [1.807, 2.05) is 0 Å². The van der Waals surface area contributed by atoms with Crippen molar-refractivity contribution in [3.8, 4) is 5.75 Å². The quantitative estimate of drug-likeness (QED) is 0.0108. The van der Waals surface area contributed by atoms with Crippen LogP contribution in [0.25, 0.3) is 0 Å². The smallest absolute Gasteiger partial charge is 0.436 e. The molecule has 4 unspecified atom stereocenters. The van der Waals surface area contributed by atoms with E-state index in [-0.39, 0.29) is 176 Å². The molecular weight excluding hydrogens is 1950 g/mol. The van der Waals surface area contributed by atoms with Crippen molar-refractivity contribution < 1.29 is 204 Å². The second kappa shape index (κ2) is 65.3. The Labute approximate surface area is 797 Å². The predicted octanol–water partition coefficient (Wildman–Crippen LogP) is -2.44. The molecule has 3 heterocycles. The Kier molecular flexibility index (Phi) is 57.0. The van der Waals surface area contributed by atoms with Crippen molar-refractivity contribution in [2.24, 2.45) is 0 Å². The lowest BCUT2D eigenvalue weighted by atomic mass is 9.96. The minimum atomic E-state index is -3.78. The molecule has 3 fully saturated rings. The summed E-state index contributed by atoms with van der Waals surface area (Å²) in [5.41, 5.74) is -0.855. The topological polar surface area (TPSA) is 645 Å². The summed E-state index contributed by atoms with van der Waals surface area (Å²) in [7, 11) is 0. The van der Waals surface area contributed by atoms with E-state index in [1.165, 1.54) is 54.9 Å². The molecule has 51 nitrogen and oxygen atoms in total. The Hall–Kier alpha value is -9.63. The van der Waals surface area contributed by atoms with Crippen LogP contribution in [-0.2, 0) is 201 Å². The van der Waals surface area contributed by atoms with E-state index in [0.29, 0.717) is 6.42 Å². The van der Waals surface area contributed by atoms with Gasteiger partial charge < -0.3 is 161 Å². The number of nitrogens with one attached hydrogen (secondary N) is 8. The Morgan fingerprint density at radius 3 is 0.882 bits per heavy atom. The van der Waals surface area contributed by atoms with Crippen molar-refractivity contribution in [3.63, 3.8) is 0 Å². The zero-order valence-corrected chi connectivity index (χ0v) is 81.1. The number of carbonyl (C=O) groups excluding carboxylic acids is 17. The average Bonchev–Trinajstić information content (AvgIpc) is 0.792. The maximum absolute atomic E-state index is 14.1. The molecule has 0 aliphatic carbocycles. The standard InChI is InChI=1S/C83H128IN8O43P/c1-49(93)89-71-77(129-58(10)102)74(126-55(7)99)63(43-123-52(4)96)132-80(71)120-40-37-114-32-24-86-67(106)19-28-117-46-83(92-70(109)22-27-112-35-36-113-31-23-85-66(105)18-15-61-13-16-62(17-14-61)135-136(84,110)111,47-118-29-20-68(107)87-25-33-115-38-41-121-81-72(90-50(2)94)78(130-59(11)103)75(127-56(8)100)64(133-81)44-124-53(5)97)48-119-30-21-69(108)88-26-34-116-39-42-122-82-73(91-51(3)95)79(131-60(12)104)76(128-57(9)101)65(134-82)45-125-54(6)98/h13-14,16-17,63-65,71-82H,15,18-48H2,1-12H3,(H,85,105)(H,86,106)(H,87,107)(H,88,108)(H,89,93)(H,90,94)(H,91,95)(H,92,109)(H,110,111)/t63-,64-,65?,71+,72?,73+,74-,75+,76-,77+,78-,79+,80-,81-,82+,83?/m1/s1. The molecule has 0 aromatic heterocycles. The van der Waals surface area contributed by atoms with Crippen LogP contribution in [0.2, 0.25) is 0 Å². The van der Waals surface area contributed by atoms with Gasteiger partial charge in [0.2, 0.25) is 47.3 Å². The molecule has 17 atom stereocenters. The first-order valence-electron chi connectivity index (χ1n) is 43.4. The van der Waals surface area contributed by atoms with E-state index in [2.05, 4.69) is 42.5 Å². The summed E-state index contributed by atoms with van der Waals surface area (Å²) < 4.78 is 147. The maximum atomic E-state index is 14.1. The van der Waals surface area contributed by atoms with Crippen LogP contribution in [0.4, 0.5) is 0 Å². The van der Waals surface area contributed by atoms with Crippen molar-refractivity contribution in [3.05, 3.63) is 29.8 Å². The van der Waals surface area contributed by atoms with Crippen molar-refractivity contribution in [2.75, 3.05) is 172 Å². The molecular formula is C83H128IN8O43P. The van der Waals surface area contributed by atoms with Gasteiger partial charge in [-0.1, -0.05) is 12.1 Å². The van der Waals surface area contributed by atoms with E-state index in [4.69, 9.17) is 113 Å². The summed E-state index contributed by atoms with van der Waals surface area (Å²) in [6.07, 6.45) is -16.6. The summed E-state index contributed by atoms with van der Waals surface area (Å²) >= 11 is 1.30. The fraction of sp³-hybridized carbons (Fsp3) is 0.723. The second-order valence-corrected chi connectivity index (χ2v) is 35.2. The normalized spacial score (nSPS) is 22.0. The average molecular weight is 2080 g/mol. The van der Waals surface area contributed by atoms with Gasteiger partial charge >= 0.3 is 59.0 Å². The summed E-state index contributed by atoms with van der Waals surface area (Å²) in [6, 6.07) is 2.65. The molecule has 3 saturated heterocycles. The second-order valence-electron chi connectivity index (χ2n) is 30.4. The number of ether oxygens (including phenoxy) is 23. The summed E-state index contributed by atoms with van der Waals surface area (Å²) in [5.74, 6) is -11.0. The van der Waals surface area contributed by atoms with E-state index in [9.17, 15) is 91.0 Å². The number of rotatable bonds is 66. The largest absolute Gasteiger partial charge is 0.463 e. The molecule has 3 aliphatic rings. The van der Waals surface area contributed by atoms with Crippen molar-refractivity contribution in [1.82, 2.24) is 42.5 Å². The van der Waals surface area contributed by atoms with Crippen LogP contribution in [0.3, 0.4) is 0 Å². The van der Waals surface area contributed by atoms with Crippen LogP contribution < -0.4 is 47.1 Å². The van der Waals surface area contributed by atoms with Gasteiger partial charge in [-0.15, -0.1) is 0 Å². The number of halogens is 1. The van der Waals surface area contributed by atoms with Crippen LogP contribution in [0.1, 0.15) is 121 Å².